The zero-order chi connectivity index (χ0) is 38.1. The molecule has 12 heteroatoms. The number of carbonyl (C=O) groups is 8. The van der Waals surface area contributed by atoms with Crippen molar-refractivity contribution < 1.29 is 57.3 Å². The van der Waals surface area contributed by atoms with E-state index in [0.29, 0.717) is 36.3 Å². The first-order valence-corrected chi connectivity index (χ1v) is 15.8. The van der Waals surface area contributed by atoms with Crippen LogP contribution >= 0.6 is 0 Å². The van der Waals surface area contributed by atoms with Crippen molar-refractivity contribution in [2.75, 3.05) is 0 Å². The monoisotopic (exact) mass is 700 g/mol. The molecule has 0 bridgehead atoms. The predicted molar refractivity (Wildman–Crippen MR) is 185 cm³/mol. The van der Waals surface area contributed by atoms with Gasteiger partial charge in [0.05, 0.1) is 0 Å². The summed E-state index contributed by atoms with van der Waals surface area (Å²) in [6, 6.07) is 8.93. The van der Waals surface area contributed by atoms with Crippen molar-refractivity contribution in [1.82, 2.24) is 0 Å². The van der Waals surface area contributed by atoms with Crippen LogP contribution in [0.4, 0.5) is 0 Å². The Hall–Kier alpha value is -6.04. The first-order chi connectivity index (χ1) is 24.2. The van der Waals surface area contributed by atoms with Crippen LogP contribution in [0.1, 0.15) is 76.3 Å². The standard InChI is InChI=1S/C39H40O12/c1-25(11-7-19-40)35(44)48-31-17-15-29(23-33(31)50-37(46)27(3)13-9-21-42)39(5,6)30-16-18-32(49-36(45)26(2)12-8-20-41)34(24-30)51-38(47)28(4)14-10-22-43/h15-24H,1-4,7-14H2,5-6H3. The molecule has 12 nitrogen and oxygen atoms in total. The molecule has 51 heavy (non-hydrogen) atoms. The molecule has 0 unspecified atom stereocenters. The van der Waals surface area contributed by atoms with Gasteiger partial charge < -0.3 is 38.1 Å². The van der Waals surface area contributed by atoms with Gasteiger partial charge >= 0.3 is 23.9 Å². The molecule has 0 aliphatic carbocycles. The second-order valence-corrected chi connectivity index (χ2v) is 11.7. The van der Waals surface area contributed by atoms with E-state index in [2.05, 4.69) is 26.3 Å². The van der Waals surface area contributed by atoms with Crippen LogP contribution in [0.5, 0.6) is 23.0 Å². The van der Waals surface area contributed by atoms with Crippen molar-refractivity contribution in [3.05, 3.63) is 96.1 Å². The molecule has 0 N–H and O–H groups in total. The summed E-state index contributed by atoms with van der Waals surface area (Å²) in [6.07, 6.45) is 2.88. The number of esters is 4. The Morgan fingerprint density at radius 3 is 1.00 bits per heavy atom. The van der Waals surface area contributed by atoms with Gasteiger partial charge in [-0.2, -0.15) is 0 Å². The van der Waals surface area contributed by atoms with Crippen LogP contribution in [0.15, 0.2) is 85.0 Å². The van der Waals surface area contributed by atoms with Crippen LogP contribution in [0, 0.1) is 0 Å². The highest BCUT2D eigenvalue weighted by Crippen LogP contribution is 2.41. The van der Waals surface area contributed by atoms with E-state index >= 15 is 0 Å². The molecule has 268 valence electrons. The molecule has 2 aromatic rings. The summed E-state index contributed by atoms with van der Waals surface area (Å²) in [5.74, 6) is -4.02. The molecule has 2 rings (SSSR count). The normalized spacial score (nSPS) is 10.5. The summed E-state index contributed by atoms with van der Waals surface area (Å²) in [5, 5.41) is 0. The van der Waals surface area contributed by atoms with Gasteiger partial charge in [0.25, 0.3) is 0 Å². The molecule has 0 aliphatic rings. The summed E-state index contributed by atoms with van der Waals surface area (Å²) in [6.45, 7) is 18.2. The maximum atomic E-state index is 12.9. The van der Waals surface area contributed by atoms with E-state index in [1.54, 1.807) is 26.0 Å². The smallest absolute Gasteiger partial charge is 0.338 e. The molecule has 0 spiro atoms. The van der Waals surface area contributed by atoms with Crippen molar-refractivity contribution in [3.63, 3.8) is 0 Å². The highest BCUT2D eigenvalue weighted by molar-refractivity contribution is 5.93. The first-order valence-electron chi connectivity index (χ1n) is 15.8. The average molecular weight is 701 g/mol. The molecule has 0 saturated heterocycles. The average Bonchev–Trinajstić information content (AvgIpc) is 3.11. The third kappa shape index (κ3) is 12.1. The van der Waals surface area contributed by atoms with E-state index in [1.807, 2.05) is 0 Å². The molecular formula is C39H40O12. The summed E-state index contributed by atoms with van der Waals surface area (Å²) in [7, 11) is 0. The highest BCUT2D eigenvalue weighted by atomic mass is 16.6. The number of hydrogen-bond donors (Lipinski definition) is 0. The molecule has 0 fully saturated rings. The molecular weight excluding hydrogens is 660 g/mol. The first kappa shape index (κ1) is 41.1. The summed E-state index contributed by atoms with van der Waals surface area (Å²) in [5.41, 5.74) is 0.106. The van der Waals surface area contributed by atoms with E-state index in [4.69, 9.17) is 18.9 Å². The van der Waals surface area contributed by atoms with E-state index in [1.165, 1.54) is 24.3 Å². The Balaban J connectivity index is 2.61. The fraction of sp³-hybridized carbons (Fsp3) is 0.282. The van der Waals surface area contributed by atoms with Crippen LogP contribution in [0.3, 0.4) is 0 Å². The zero-order valence-electron chi connectivity index (χ0n) is 28.7. The molecule has 2 aromatic carbocycles. The van der Waals surface area contributed by atoms with Crippen LogP contribution in [0.2, 0.25) is 0 Å². The molecule has 0 amide bonds. The summed E-state index contributed by atoms with van der Waals surface area (Å²) >= 11 is 0. The van der Waals surface area contributed by atoms with Crippen molar-refractivity contribution in [2.45, 2.75) is 70.6 Å². The summed E-state index contributed by atoms with van der Waals surface area (Å²) in [4.78, 5) is 94.4. The number of ether oxygens (including phenoxy) is 4. The Morgan fingerprint density at radius 1 is 0.490 bits per heavy atom. The Morgan fingerprint density at radius 2 is 0.745 bits per heavy atom. The van der Waals surface area contributed by atoms with Gasteiger partial charge in [0.2, 0.25) is 0 Å². The maximum Gasteiger partial charge on any atom is 0.338 e. The number of rotatable bonds is 22. The lowest BCUT2D eigenvalue weighted by atomic mass is 9.78. The van der Waals surface area contributed by atoms with Crippen molar-refractivity contribution in [3.8, 4) is 23.0 Å². The van der Waals surface area contributed by atoms with Crippen LogP contribution in [0.25, 0.3) is 0 Å². The highest BCUT2D eigenvalue weighted by Gasteiger charge is 2.29. The van der Waals surface area contributed by atoms with Gasteiger partial charge in [-0.15, -0.1) is 0 Å². The fourth-order valence-electron chi connectivity index (χ4n) is 4.32. The minimum atomic E-state index is -0.961. The van der Waals surface area contributed by atoms with Gasteiger partial charge in [-0.05, 0) is 61.1 Å². The topological polar surface area (TPSA) is 173 Å². The van der Waals surface area contributed by atoms with Gasteiger partial charge in [-0.1, -0.05) is 52.3 Å². The third-order valence-electron chi connectivity index (χ3n) is 7.55. The fourth-order valence-corrected chi connectivity index (χ4v) is 4.32. The lowest BCUT2D eigenvalue weighted by Gasteiger charge is -2.28. The molecule has 0 heterocycles. The molecule has 0 aromatic heterocycles. The van der Waals surface area contributed by atoms with Crippen molar-refractivity contribution in [2.24, 2.45) is 0 Å². The minimum Gasteiger partial charge on any atom is -0.419 e. The van der Waals surface area contributed by atoms with Gasteiger partial charge in [-0.3, -0.25) is 0 Å². The number of benzene rings is 2. The zero-order valence-corrected chi connectivity index (χ0v) is 28.7. The van der Waals surface area contributed by atoms with E-state index in [0.717, 1.165) is 0 Å². The number of carbonyl (C=O) groups excluding carboxylic acids is 8. The quantitative estimate of drug-likeness (QED) is 0.0628. The van der Waals surface area contributed by atoms with Crippen molar-refractivity contribution in [1.29, 1.82) is 0 Å². The third-order valence-corrected chi connectivity index (χ3v) is 7.55. The maximum absolute atomic E-state index is 12.9. The van der Waals surface area contributed by atoms with Crippen LogP contribution < -0.4 is 18.9 Å². The molecule has 0 atom stereocenters. The molecule has 0 saturated carbocycles. The predicted octanol–water partition coefficient (Wildman–Crippen LogP) is 5.78. The van der Waals surface area contributed by atoms with Gasteiger partial charge in [0.15, 0.2) is 23.0 Å². The lowest BCUT2D eigenvalue weighted by Crippen LogP contribution is -2.21. The van der Waals surface area contributed by atoms with E-state index in [-0.39, 0.29) is 96.7 Å². The van der Waals surface area contributed by atoms with Gasteiger partial charge in [0.1, 0.15) is 25.1 Å². The second kappa shape index (κ2) is 19.8. The minimum absolute atomic E-state index is 0.000373. The Labute approximate surface area is 295 Å². The lowest BCUT2D eigenvalue weighted by molar-refractivity contribution is -0.133. The van der Waals surface area contributed by atoms with Crippen LogP contribution in [-0.4, -0.2) is 49.0 Å². The van der Waals surface area contributed by atoms with Gasteiger partial charge in [-0.25, -0.2) is 19.2 Å². The molecule has 0 radical (unpaired) electrons. The Kier molecular flexibility index (Phi) is 16.0. The van der Waals surface area contributed by atoms with E-state index in [9.17, 15) is 38.4 Å². The largest absolute Gasteiger partial charge is 0.419 e. The number of aldehydes is 4. The van der Waals surface area contributed by atoms with Crippen molar-refractivity contribution >= 4 is 49.0 Å². The van der Waals surface area contributed by atoms with E-state index < -0.39 is 29.3 Å². The molecule has 0 aliphatic heterocycles. The Bertz CT molecular complexity index is 1620. The second-order valence-electron chi connectivity index (χ2n) is 11.7. The SMILES string of the molecule is C=C(CCC=O)C(=O)Oc1ccc(C(C)(C)c2ccc(OC(=O)C(=C)CCC=O)c(OC(=O)C(=C)CCC=O)c2)cc1OC(=O)C(=C)CCC=O. The number of hydrogen-bond acceptors (Lipinski definition) is 12. The van der Waals surface area contributed by atoms with Crippen LogP contribution in [-0.2, 0) is 43.8 Å². The van der Waals surface area contributed by atoms with Gasteiger partial charge in [0, 0.05) is 53.4 Å². The summed E-state index contributed by atoms with van der Waals surface area (Å²) < 4.78 is 22.1.